The highest BCUT2D eigenvalue weighted by Crippen LogP contribution is 2.34. The number of anilines is 1. The highest BCUT2D eigenvalue weighted by molar-refractivity contribution is 6.05. The Balaban J connectivity index is 1.56. The van der Waals surface area contributed by atoms with Crippen molar-refractivity contribution in [3.63, 3.8) is 0 Å². The molecule has 0 aromatic heterocycles. The number of rotatable bonds is 4. The first kappa shape index (κ1) is 14.5. The van der Waals surface area contributed by atoms with E-state index in [-0.39, 0.29) is 42.5 Å². The molecule has 2 atom stereocenters. The van der Waals surface area contributed by atoms with Crippen LogP contribution >= 0.6 is 0 Å². The minimum atomic E-state index is -0.227. The molecule has 1 fully saturated rings. The zero-order valence-corrected chi connectivity index (χ0v) is 12.2. The first-order valence-corrected chi connectivity index (χ1v) is 7.52. The molecule has 1 aliphatic carbocycles. The molecule has 0 bridgehead atoms. The molecule has 3 amide bonds. The standard InChI is InChI=1S/C17H18N2O3/c20-15(18-12-6-2-1-3-7-12)10-11-19-16(21)13-8-4-5-9-14(13)17(19)22/h1-7,13-14H,8-11H2,(H,18,20)/t13-,14+. The molecule has 1 aromatic carbocycles. The second kappa shape index (κ2) is 6.13. The normalized spacial score (nSPS) is 23.5. The number of allylic oxidation sites excluding steroid dienone is 2. The number of amides is 3. The van der Waals surface area contributed by atoms with Crippen LogP contribution in [0.25, 0.3) is 0 Å². The van der Waals surface area contributed by atoms with Gasteiger partial charge in [0.05, 0.1) is 11.8 Å². The van der Waals surface area contributed by atoms with Crippen LogP contribution in [0.2, 0.25) is 0 Å². The van der Waals surface area contributed by atoms with Crippen LogP contribution in [0, 0.1) is 11.8 Å². The van der Waals surface area contributed by atoms with Crippen LogP contribution in [0.1, 0.15) is 19.3 Å². The Bertz CT molecular complexity index is 598. The average Bonchev–Trinajstić information content (AvgIpc) is 2.78. The molecule has 3 rings (SSSR count). The molecule has 0 unspecified atom stereocenters. The fraction of sp³-hybridized carbons (Fsp3) is 0.353. The second-order valence-corrected chi connectivity index (χ2v) is 5.65. The van der Waals surface area contributed by atoms with Crippen molar-refractivity contribution in [1.29, 1.82) is 0 Å². The molecule has 1 aromatic rings. The van der Waals surface area contributed by atoms with Gasteiger partial charge in [0.15, 0.2) is 0 Å². The van der Waals surface area contributed by atoms with E-state index < -0.39 is 0 Å². The van der Waals surface area contributed by atoms with Gasteiger partial charge in [0, 0.05) is 18.7 Å². The minimum Gasteiger partial charge on any atom is -0.326 e. The number of carbonyl (C=O) groups excluding carboxylic acids is 3. The summed E-state index contributed by atoms with van der Waals surface area (Å²) in [6, 6.07) is 9.13. The SMILES string of the molecule is O=C(CCN1C(=O)[C@H]2CC=CC[C@H]2C1=O)Nc1ccccc1. The van der Waals surface area contributed by atoms with Gasteiger partial charge in [-0.15, -0.1) is 0 Å². The van der Waals surface area contributed by atoms with Crippen molar-refractivity contribution in [3.8, 4) is 0 Å². The Morgan fingerprint density at radius 1 is 1.05 bits per heavy atom. The molecule has 1 N–H and O–H groups in total. The number of hydrogen-bond acceptors (Lipinski definition) is 3. The monoisotopic (exact) mass is 298 g/mol. The number of benzene rings is 1. The summed E-state index contributed by atoms with van der Waals surface area (Å²) >= 11 is 0. The Labute approximate surface area is 129 Å². The van der Waals surface area contributed by atoms with E-state index in [1.807, 2.05) is 30.4 Å². The minimum absolute atomic E-state index is 0.124. The van der Waals surface area contributed by atoms with Crippen LogP contribution < -0.4 is 5.32 Å². The van der Waals surface area contributed by atoms with E-state index in [0.717, 1.165) is 0 Å². The number of hydrogen-bond donors (Lipinski definition) is 1. The van der Waals surface area contributed by atoms with Crippen molar-refractivity contribution < 1.29 is 14.4 Å². The molecular weight excluding hydrogens is 280 g/mol. The molecule has 0 saturated carbocycles. The maximum atomic E-state index is 12.3. The van der Waals surface area contributed by atoms with E-state index >= 15 is 0 Å². The maximum Gasteiger partial charge on any atom is 0.233 e. The zero-order chi connectivity index (χ0) is 15.5. The highest BCUT2D eigenvalue weighted by Gasteiger charge is 2.46. The van der Waals surface area contributed by atoms with E-state index in [1.54, 1.807) is 12.1 Å². The van der Waals surface area contributed by atoms with Crippen LogP contribution in [0.15, 0.2) is 42.5 Å². The van der Waals surface area contributed by atoms with Gasteiger partial charge in [0.25, 0.3) is 0 Å². The Morgan fingerprint density at radius 2 is 1.64 bits per heavy atom. The fourth-order valence-corrected chi connectivity index (χ4v) is 3.05. The number of para-hydroxylation sites is 1. The number of carbonyl (C=O) groups is 3. The van der Waals surface area contributed by atoms with Crippen molar-refractivity contribution in [1.82, 2.24) is 4.90 Å². The summed E-state index contributed by atoms with van der Waals surface area (Å²) in [5.41, 5.74) is 0.712. The van der Waals surface area contributed by atoms with Crippen LogP contribution in [-0.2, 0) is 14.4 Å². The predicted octanol–water partition coefficient (Wildman–Crippen LogP) is 1.97. The Morgan fingerprint density at radius 3 is 2.23 bits per heavy atom. The average molecular weight is 298 g/mol. The van der Waals surface area contributed by atoms with Crippen molar-refractivity contribution in [2.75, 3.05) is 11.9 Å². The summed E-state index contributed by atoms with van der Waals surface area (Å²) in [5, 5.41) is 2.76. The summed E-state index contributed by atoms with van der Waals surface area (Å²) in [7, 11) is 0. The molecule has 5 nitrogen and oxygen atoms in total. The molecule has 22 heavy (non-hydrogen) atoms. The van der Waals surface area contributed by atoms with Crippen LogP contribution in [0.5, 0.6) is 0 Å². The first-order chi connectivity index (χ1) is 10.7. The van der Waals surface area contributed by atoms with Gasteiger partial charge < -0.3 is 5.32 Å². The third-order valence-electron chi connectivity index (χ3n) is 4.22. The lowest BCUT2D eigenvalue weighted by molar-refractivity contribution is -0.140. The van der Waals surface area contributed by atoms with Gasteiger partial charge in [-0.05, 0) is 25.0 Å². The molecule has 2 aliphatic rings. The molecule has 1 aliphatic heterocycles. The predicted molar refractivity (Wildman–Crippen MR) is 81.8 cm³/mol. The van der Waals surface area contributed by atoms with E-state index in [0.29, 0.717) is 18.5 Å². The third-order valence-corrected chi connectivity index (χ3v) is 4.22. The van der Waals surface area contributed by atoms with E-state index in [9.17, 15) is 14.4 Å². The van der Waals surface area contributed by atoms with Gasteiger partial charge in [0.1, 0.15) is 0 Å². The highest BCUT2D eigenvalue weighted by atomic mass is 16.2. The van der Waals surface area contributed by atoms with Crippen LogP contribution in [0.4, 0.5) is 5.69 Å². The van der Waals surface area contributed by atoms with Gasteiger partial charge in [-0.3, -0.25) is 19.3 Å². The number of imide groups is 1. The molecule has 0 spiro atoms. The molecular formula is C17H18N2O3. The topological polar surface area (TPSA) is 66.5 Å². The lowest BCUT2D eigenvalue weighted by Crippen LogP contribution is -2.34. The van der Waals surface area contributed by atoms with Gasteiger partial charge in [-0.25, -0.2) is 0 Å². The lowest BCUT2D eigenvalue weighted by atomic mass is 9.85. The van der Waals surface area contributed by atoms with Crippen LogP contribution in [0.3, 0.4) is 0 Å². The largest absolute Gasteiger partial charge is 0.326 e. The maximum absolute atomic E-state index is 12.3. The molecule has 1 heterocycles. The second-order valence-electron chi connectivity index (χ2n) is 5.65. The Hall–Kier alpha value is -2.43. The molecule has 1 saturated heterocycles. The smallest absolute Gasteiger partial charge is 0.233 e. The van der Waals surface area contributed by atoms with E-state index in [4.69, 9.17) is 0 Å². The van der Waals surface area contributed by atoms with Gasteiger partial charge in [0.2, 0.25) is 17.7 Å². The summed E-state index contributed by atoms with van der Waals surface area (Å²) in [4.78, 5) is 37.7. The van der Waals surface area contributed by atoms with E-state index in [1.165, 1.54) is 4.90 Å². The number of likely N-dealkylation sites (tertiary alicyclic amines) is 1. The Kier molecular flexibility index (Phi) is 4.04. The van der Waals surface area contributed by atoms with E-state index in [2.05, 4.69) is 5.32 Å². The number of nitrogens with zero attached hydrogens (tertiary/aromatic N) is 1. The molecule has 5 heteroatoms. The summed E-state index contributed by atoms with van der Waals surface area (Å²) in [6.45, 7) is 0.156. The van der Waals surface area contributed by atoms with Crippen LogP contribution in [-0.4, -0.2) is 29.2 Å². The molecule has 114 valence electrons. The number of nitrogens with one attached hydrogen (secondary N) is 1. The molecule has 0 radical (unpaired) electrons. The third kappa shape index (κ3) is 2.79. The van der Waals surface area contributed by atoms with Crippen molar-refractivity contribution in [2.45, 2.75) is 19.3 Å². The first-order valence-electron chi connectivity index (χ1n) is 7.52. The van der Waals surface area contributed by atoms with Gasteiger partial charge in [-0.1, -0.05) is 30.4 Å². The van der Waals surface area contributed by atoms with Crippen molar-refractivity contribution in [3.05, 3.63) is 42.5 Å². The summed E-state index contributed by atoms with van der Waals surface area (Å²) in [5.74, 6) is -0.914. The van der Waals surface area contributed by atoms with Crippen molar-refractivity contribution >= 4 is 23.4 Å². The number of fused-ring (bicyclic) bond motifs is 1. The van der Waals surface area contributed by atoms with Gasteiger partial charge in [-0.2, -0.15) is 0 Å². The zero-order valence-electron chi connectivity index (χ0n) is 12.2. The lowest BCUT2D eigenvalue weighted by Gasteiger charge is -2.14. The fourth-order valence-electron chi connectivity index (χ4n) is 3.05. The summed E-state index contributed by atoms with van der Waals surface area (Å²) < 4.78 is 0. The van der Waals surface area contributed by atoms with Crippen molar-refractivity contribution in [2.24, 2.45) is 11.8 Å². The van der Waals surface area contributed by atoms with Gasteiger partial charge >= 0.3 is 0 Å². The quantitative estimate of drug-likeness (QED) is 0.682. The summed E-state index contributed by atoms with van der Waals surface area (Å²) in [6.07, 6.45) is 5.29.